The summed E-state index contributed by atoms with van der Waals surface area (Å²) in [6.45, 7) is 7.33. The van der Waals surface area contributed by atoms with E-state index in [2.05, 4.69) is 28.7 Å². The number of likely N-dealkylation sites (tertiary alicyclic amines) is 1. The van der Waals surface area contributed by atoms with Crippen LogP contribution in [0.25, 0.3) is 22.3 Å². The van der Waals surface area contributed by atoms with Crippen LogP contribution in [0.15, 0.2) is 43.0 Å². The molecule has 1 saturated carbocycles. The van der Waals surface area contributed by atoms with E-state index in [-0.39, 0.29) is 17.1 Å². The largest absolute Gasteiger partial charge is 0.507 e. The van der Waals surface area contributed by atoms with Gasteiger partial charge in [-0.1, -0.05) is 25.1 Å². The molecular formula is C23H24N4O2. The van der Waals surface area contributed by atoms with Gasteiger partial charge < -0.3 is 15.0 Å². The molecule has 2 aliphatic rings. The highest BCUT2D eigenvalue weighted by Gasteiger charge is 2.53. The number of para-hydroxylation sites is 1. The molecule has 29 heavy (non-hydrogen) atoms. The number of carbonyl (C=O) groups is 1. The van der Waals surface area contributed by atoms with Crippen molar-refractivity contribution in [1.29, 1.82) is 0 Å². The van der Waals surface area contributed by atoms with Crippen LogP contribution in [0.2, 0.25) is 0 Å². The quantitative estimate of drug-likeness (QED) is 0.666. The van der Waals surface area contributed by atoms with E-state index in [1.807, 2.05) is 23.1 Å². The molecule has 3 aromatic rings. The molecule has 1 atom stereocenters. The monoisotopic (exact) mass is 388 g/mol. The molecule has 0 bridgehead atoms. The Balaban J connectivity index is 1.52. The van der Waals surface area contributed by atoms with Crippen molar-refractivity contribution >= 4 is 16.9 Å². The van der Waals surface area contributed by atoms with Gasteiger partial charge in [0.1, 0.15) is 5.75 Å². The van der Waals surface area contributed by atoms with Crippen LogP contribution in [0.5, 0.6) is 5.75 Å². The maximum Gasteiger partial charge on any atom is 0.245 e. The third-order valence-corrected chi connectivity index (χ3v) is 6.79. The molecule has 0 radical (unpaired) electrons. The van der Waals surface area contributed by atoms with Gasteiger partial charge in [0.2, 0.25) is 5.91 Å². The molecule has 3 heterocycles. The second-order valence-electron chi connectivity index (χ2n) is 8.38. The Hall–Kier alpha value is -3.15. The first kappa shape index (κ1) is 17.9. The standard InChI is InChI=1S/C23H24N4O2/c1-3-20(29)27-12-23(13-27)10-6-8-17(23)21-14(2)16-11-18(25-26-22(16)24-21)15-7-4-5-9-19(15)28/h3-5,7,9,11,17,28H,1,6,8,10,12-13H2,2H3,(H,24,26)/t17-/m0/s1. The molecule has 2 aromatic heterocycles. The van der Waals surface area contributed by atoms with Crippen LogP contribution in [0.4, 0.5) is 0 Å². The number of H-pyrrole nitrogens is 1. The number of fused-ring (bicyclic) bond motifs is 1. The van der Waals surface area contributed by atoms with E-state index in [0.29, 0.717) is 17.2 Å². The lowest BCUT2D eigenvalue weighted by molar-refractivity contribution is -0.138. The minimum atomic E-state index is 0.0211. The van der Waals surface area contributed by atoms with Crippen molar-refractivity contribution in [2.45, 2.75) is 32.1 Å². The molecule has 148 valence electrons. The number of hydrogen-bond donors (Lipinski definition) is 2. The number of nitrogens with zero attached hydrogens (tertiary/aromatic N) is 3. The van der Waals surface area contributed by atoms with E-state index in [1.165, 1.54) is 23.8 Å². The van der Waals surface area contributed by atoms with E-state index < -0.39 is 0 Å². The molecule has 1 amide bonds. The predicted octanol–water partition coefficient (Wildman–Crippen LogP) is 3.92. The van der Waals surface area contributed by atoms with Gasteiger partial charge in [-0.3, -0.25) is 4.79 Å². The van der Waals surface area contributed by atoms with Crippen LogP contribution < -0.4 is 0 Å². The van der Waals surface area contributed by atoms with Gasteiger partial charge >= 0.3 is 0 Å². The van der Waals surface area contributed by atoms with Crippen LogP contribution in [0.3, 0.4) is 0 Å². The lowest BCUT2D eigenvalue weighted by atomic mass is 9.69. The maximum atomic E-state index is 11.9. The molecule has 0 unspecified atom stereocenters. The van der Waals surface area contributed by atoms with Gasteiger partial charge in [-0.2, -0.15) is 0 Å². The van der Waals surface area contributed by atoms with E-state index in [1.54, 1.807) is 12.1 Å². The topological polar surface area (TPSA) is 82.1 Å². The van der Waals surface area contributed by atoms with Gasteiger partial charge in [-0.15, -0.1) is 10.2 Å². The Morgan fingerprint density at radius 2 is 2.14 bits per heavy atom. The van der Waals surface area contributed by atoms with Crippen LogP contribution in [0, 0.1) is 12.3 Å². The third-order valence-electron chi connectivity index (χ3n) is 6.79. The van der Waals surface area contributed by atoms with E-state index in [4.69, 9.17) is 0 Å². The molecule has 6 nitrogen and oxygen atoms in total. The van der Waals surface area contributed by atoms with Crippen molar-refractivity contribution in [2.24, 2.45) is 5.41 Å². The number of benzene rings is 1. The number of aryl methyl sites for hydroxylation is 1. The third kappa shape index (κ3) is 2.66. The fourth-order valence-electron chi connectivity index (χ4n) is 5.27. The number of phenols is 1. The summed E-state index contributed by atoms with van der Waals surface area (Å²) < 4.78 is 0. The second-order valence-corrected chi connectivity index (χ2v) is 8.38. The minimum absolute atomic E-state index is 0.0211. The Bertz CT molecular complexity index is 1130. The molecule has 1 aliphatic heterocycles. The maximum absolute atomic E-state index is 11.9. The van der Waals surface area contributed by atoms with Crippen molar-refractivity contribution in [2.75, 3.05) is 13.1 Å². The van der Waals surface area contributed by atoms with E-state index in [0.717, 1.165) is 37.0 Å². The molecule has 1 aliphatic carbocycles. The zero-order chi connectivity index (χ0) is 20.2. The highest BCUT2D eigenvalue weighted by Crippen LogP contribution is 2.55. The first-order valence-electron chi connectivity index (χ1n) is 10.1. The fourth-order valence-corrected chi connectivity index (χ4v) is 5.27. The summed E-state index contributed by atoms with van der Waals surface area (Å²) >= 11 is 0. The summed E-state index contributed by atoms with van der Waals surface area (Å²) in [4.78, 5) is 17.4. The number of carbonyl (C=O) groups excluding carboxylic acids is 1. The normalized spacial score (nSPS) is 20.2. The average molecular weight is 388 g/mol. The van der Waals surface area contributed by atoms with Crippen molar-refractivity contribution in [3.63, 3.8) is 0 Å². The zero-order valence-corrected chi connectivity index (χ0v) is 16.5. The summed E-state index contributed by atoms with van der Waals surface area (Å²) in [5, 5.41) is 19.9. The van der Waals surface area contributed by atoms with Gasteiger partial charge in [0, 0.05) is 41.1 Å². The average Bonchev–Trinajstić information content (AvgIpc) is 3.28. The van der Waals surface area contributed by atoms with Crippen LogP contribution in [-0.4, -0.2) is 44.2 Å². The number of rotatable bonds is 3. The van der Waals surface area contributed by atoms with Crippen molar-refractivity contribution < 1.29 is 9.90 Å². The Labute approximate surface area is 169 Å². The van der Waals surface area contributed by atoms with Crippen LogP contribution >= 0.6 is 0 Å². The van der Waals surface area contributed by atoms with Crippen LogP contribution in [0.1, 0.15) is 36.4 Å². The second kappa shape index (κ2) is 6.44. The smallest absolute Gasteiger partial charge is 0.245 e. The number of amides is 1. The Morgan fingerprint density at radius 3 is 2.90 bits per heavy atom. The van der Waals surface area contributed by atoms with Gasteiger partial charge in [-0.05, 0) is 49.6 Å². The first-order valence-corrected chi connectivity index (χ1v) is 10.1. The van der Waals surface area contributed by atoms with Gasteiger partial charge in [-0.25, -0.2) is 0 Å². The lowest BCUT2D eigenvalue weighted by Gasteiger charge is -2.51. The van der Waals surface area contributed by atoms with Gasteiger partial charge in [0.15, 0.2) is 5.65 Å². The molecular weight excluding hydrogens is 364 g/mol. The number of phenolic OH excluding ortho intramolecular Hbond substituents is 1. The van der Waals surface area contributed by atoms with Gasteiger partial charge in [0.05, 0.1) is 5.69 Å². The summed E-state index contributed by atoms with van der Waals surface area (Å²) in [5.74, 6) is 0.609. The molecule has 1 spiro atoms. The summed E-state index contributed by atoms with van der Waals surface area (Å²) in [6, 6.07) is 9.18. The SMILES string of the molecule is C=CC(=O)N1CC2(CCC[C@H]2c2[nH]c3nnc(-c4ccccc4O)cc3c2C)C1. The lowest BCUT2D eigenvalue weighted by Crippen LogP contribution is -2.59. The first-order chi connectivity index (χ1) is 14.0. The number of aromatic amines is 1. The molecule has 2 fully saturated rings. The molecule has 1 saturated heterocycles. The zero-order valence-electron chi connectivity index (χ0n) is 16.5. The molecule has 2 N–H and O–H groups in total. The van der Waals surface area contributed by atoms with Crippen LogP contribution in [-0.2, 0) is 4.79 Å². The molecule has 6 heteroatoms. The Morgan fingerprint density at radius 1 is 1.34 bits per heavy atom. The van der Waals surface area contributed by atoms with Crippen molar-refractivity contribution in [3.8, 4) is 17.0 Å². The molecule has 5 rings (SSSR count). The number of aromatic nitrogens is 3. The Kier molecular flexibility index (Phi) is 3.98. The number of aromatic hydroxyl groups is 1. The van der Waals surface area contributed by atoms with E-state index >= 15 is 0 Å². The predicted molar refractivity (Wildman–Crippen MR) is 112 cm³/mol. The highest BCUT2D eigenvalue weighted by atomic mass is 16.3. The van der Waals surface area contributed by atoms with E-state index in [9.17, 15) is 9.90 Å². The fraction of sp³-hybridized carbons (Fsp3) is 0.348. The highest BCUT2D eigenvalue weighted by molar-refractivity contribution is 5.88. The van der Waals surface area contributed by atoms with Crippen molar-refractivity contribution in [3.05, 3.63) is 54.2 Å². The number of hydrogen-bond acceptors (Lipinski definition) is 4. The summed E-state index contributed by atoms with van der Waals surface area (Å²) in [6.07, 6.45) is 4.83. The van der Waals surface area contributed by atoms with Crippen molar-refractivity contribution in [1.82, 2.24) is 20.1 Å². The molecule has 1 aromatic carbocycles. The minimum Gasteiger partial charge on any atom is -0.507 e. The summed E-state index contributed by atoms with van der Waals surface area (Å²) in [7, 11) is 0. The summed E-state index contributed by atoms with van der Waals surface area (Å²) in [5.41, 5.74) is 4.67. The number of nitrogens with one attached hydrogen (secondary N) is 1. The van der Waals surface area contributed by atoms with Gasteiger partial charge in [0.25, 0.3) is 0 Å².